The molecule has 0 radical (unpaired) electrons. The summed E-state index contributed by atoms with van der Waals surface area (Å²) in [6.07, 6.45) is -0.413. The van der Waals surface area contributed by atoms with Crippen LogP contribution in [0.1, 0.15) is 25.6 Å². The fourth-order valence-corrected chi connectivity index (χ4v) is 3.97. The summed E-state index contributed by atoms with van der Waals surface area (Å²) in [5.41, 5.74) is 2.58. The van der Waals surface area contributed by atoms with Gasteiger partial charge in [0.05, 0.1) is 12.3 Å². The summed E-state index contributed by atoms with van der Waals surface area (Å²) >= 11 is 9.60. The van der Waals surface area contributed by atoms with Crippen LogP contribution in [-0.2, 0) is 4.79 Å². The number of hydrazone groups is 1. The SMILES string of the molecule is CCOc1ccccc1[C@H]1N(c2ccc(Cl)cc2)N=C(C(C)=O)N1c1ccc(Br)cc1. The van der Waals surface area contributed by atoms with E-state index in [2.05, 4.69) is 15.9 Å². The Morgan fingerprint density at radius 3 is 2.32 bits per heavy atom. The highest BCUT2D eigenvalue weighted by Gasteiger charge is 2.40. The van der Waals surface area contributed by atoms with E-state index < -0.39 is 6.17 Å². The van der Waals surface area contributed by atoms with Crippen molar-refractivity contribution in [3.63, 3.8) is 0 Å². The first-order chi connectivity index (χ1) is 15.0. The van der Waals surface area contributed by atoms with Crippen LogP contribution in [0.5, 0.6) is 5.75 Å². The number of para-hydroxylation sites is 1. The van der Waals surface area contributed by atoms with E-state index >= 15 is 0 Å². The Morgan fingerprint density at radius 1 is 1.03 bits per heavy atom. The average molecular weight is 499 g/mol. The van der Waals surface area contributed by atoms with Crippen LogP contribution in [0.2, 0.25) is 5.02 Å². The van der Waals surface area contributed by atoms with E-state index in [4.69, 9.17) is 21.4 Å². The van der Waals surface area contributed by atoms with E-state index in [1.54, 1.807) is 0 Å². The van der Waals surface area contributed by atoms with E-state index in [1.165, 1.54) is 6.92 Å². The number of ether oxygens (including phenoxy) is 1. The highest BCUT2D eigenvalue weighted by molar-refractivity contribution is 9.10. The smallest absolute Gasteiger partial charge is 0.198 e. The van der Waals surface area contributed by atoms with Crippen molar-refractivity contribution in [1.82, 2.24) is 0 Å². The van der Waals surface area contributed by atoms with Crippen LogP contribution in [0.4, 0.5) is 11.4 Å². The summed E-state index contributed by atoms with van der Waals surface area (Å²) in [6.45, 7) is 4.01. The van der Waals surface area contributed by atoms with Crippen LogP contribution >= 0.6 is 27.5 Å². The Hall–Kier alpha value is -2.83. The average Bonchev–Trinajstić information content (AvgIpc) is 3.16. The van der Waals surface area contributed by atoms with E-state index in [1.807, 2.05) is 89.6 Å². The number of benzene rings is 3. The van der Waals surface area contributed by atoms with Crippen molar-refractivity contribution in [1.29, 1.82) is 0 Å². The highest BCUT2D eigenvalue weighted by atomic mass is 79.9. The second kappa shape index (κ2) is 9.12. The lowest BCUT2D eigenvalue weighted by Gasteiger charge is -2.33. The fourth-order valence-electron chi connectivity index (χ4n) is 3.58. The van der Waals surface area contributed by atoms with Crippen molar-refractivity contribution in [2.75, 3.05) is 16.5 Å². The lowest BCUT2D eigenvalue weighted by molar-refractivity contribution is -0.111. The number of carbonyl (C=O) groups is 1. The van der Waals surface area contributed by atoms with Gasteiger partial charge in [-0.05, 0) is 61.5 Å². The number of ketones is 1. The molecule has 0 saturated heterocycles. The second-order valence-corrected chi connectivity index (χ2v) is 8.34. The number of nitrogens with zero attached hydrogens (tertiary/aromatic N) is 3. The Bertz CT molecular complexity index is 1120. The molecule has 4 rings (SSSR count). The molecule has 0 N–H and O–H groups in total. The molecule has 1 heterocycles. The van der Waals surface area contributed by atoms with Crippen molar-refractivity contribution >= 4 is 50.5 Å². The van der Waals surface area contributed by atoms with Crippen molar-refractivity contribution in [2.45, 2.75) is 20.0 Å². The molecule has 5 nitrogen and oxygen atoms in total. The Kier molecular flexibility index (Phi) is 6.30. The molecule has 0 spiro atoms. The predicted octanol–water partition coefficient (Wildman–Crippen LogP) is 6.43. The number of halogens is 2. The van der Waals surface area contributed by atoms with Crippen LogP contribution in [-0.4, -0.2) is 18.2 Å². The van der Waals surface area contributed by atoms with Gasteiger partial charge in [0.15, 0.2) is 17.8 Å². The van der Waals surface area contributed by atoms with E-state index in [0.717, 1.165) is 27.2 Å². The van der Waals surface area contributed by atoms with Crippen molar-refractivity contribution in [3.05, 3.63) is 87.9 Å². The molecule has 1 aliphatic heterocycles. The van der Waals surface area contributed by atoms with Gasteiger partial charge in [-0.25, -0.2) is 5.01 Å². The summed E-state index contributed by atoms with van der Waals surface area (Å²) < 4.78 is 6.89. The number of rotatable bonds is 6. The van der Waals surface area contributed by atoms with Gasteiger partial charge in [-0.15, -0.1) is 5.10 Å². The zero-order valence-corrected chi connectivity index (χ0v) is 19.5. The monoisotopic (exact) mass is 497 g/mol. The van der Waals surface area contributed by atoms with Crippen LogP contribution < -0.4 is 14.6 Å². The molecule has 0 saturated carbocycles. The molecule has 1 aliphatic rings. The largest absolute Gasteiger partial charge is 0.493 e. The maximum Gasteiger partial charge on any atom is 0.198 e. The normalized spacial score (nSPS) is 15.7. The number of carbonyl (C=O) groups excluding carboxylic acids is 1. The number of anilines is 2. The molecule has 3 aromatic carbocycles. The molecule has 0 unspecified atom stereocenters. The number of hydrogen-bond donors (Lipinski definition) is 0. The molecular formula is C24H21BrClN3O2. The van der Waals surface area contributed by atoms with Crippen molar-refractivity contribution < 1.29 is 9.53 Å². The summed E-state index contributed by atoms with van der Waals surface area (Å²) in [5.74, 6) is 0.975. The maximum absolute atomic E-state index is 12.7. The first-order valence-electron chi connectivity index (χ1n) is 9.90. The molecule has 31 heavy (non-hydrogen) atoms. The third kappa shape index (κ3) is 4.31. The van der Waals surface area contributed by atoms with Crippen LogP contribution in [0.3, 0.4) is 0 Å². The Morgan fingerprint density at radius 2 is 1.68 bits per heavy atom. The molecule has 3 aromatic rings. The number of hydrogen-bond acceptors (Lipinski definition) is 5. The van der Waals surface area contributed by atoms with Gasteiger partial charge in [0.2, 0.25) is 0 Å². The minimum absolute atomic E-state index is 0.127. The molecule has 0 bridgehead atoms. The van der Waals surface area contributed by atoms with Gasteiger partial charge in [0.1, 0.15) is 5.75 Å². The van der Waals surface area contributed by atoms with E-state index in [0.29, 0.717) is 17.5 Å². The minimum atomic E-state index is -0.413. The van der Waals surface area contributed by atoms with Gasteiger partial charge in [0, 0.05) is 27.7 Å². The number of amidine groups is 1. The molecule has 7 heteroatoms. The summed E-state index contributed by atoms with van der Waals surface area (Å²) in [7, 11) is 0. The summed E-state index contributed by atoms with van der Waals surface area (Å²) in [6, 6.07) is 23.1. The molecule has 1 atom stereocenters. The topological polar surface area (TPSA) is 45.1 Å². The first kappa shape index (κ1) is 21.4. The molecule has 0 aliphatic carbocycles. The third-order valence-corrected chi connectivity index (χ3v) is 5.70. The quantitative estimate of drug-likeness (QED) is 0.393. The molecule has 0 fully saturated rings. The van der Waals surface area contributed by atoms with Gasteiger partial charge in [-0.1, -0.05) is 45.7 Å². The van der Waals surface area contributed by atoms with E-state index in [9.17, 15) is 4.79 Å². The zero-order valence-electron chi connectivity index (χ0n) is 17.1. The standard InChI is InChI=1S/C24H21BrClN3O2/c1-3-31-22-7-5-4-6-21(22)24-28(19-12-8-17(25)9-13-19)23(16(2)30)27-29(24)20-14-10-18(26)11-15-20/h4-15,24H,3H2,1-2H3/t24-/m1/s1. The van der Waals surface area contributed by atoms with Gasteiger partial charge >= 0.3 is 0 Å². The minimum Gasteiger partial charge on any atom is -0.493 e. The predicted molar refractivity (Wildman–Crippen MR) is 129 cm³/mol. The van der Waals surface area contributed by atoms with Gasteiger partial charge < -0.3 is 4.74 Å². The third-order valence-electron chi connectivity index (χ3n) is 4.91. The van der Waals surface area contributed by atoms with Gasteiger partial charge in [-0.3, -0.25) is 9.69 Å². The highest BCUT2D eigenvalue weighted by Crippen LogP contribution is 2.42. The van der Waals surface area contributed by atoms with Crippen LogP contribution in [0.25, 0.3) is 0 Å². The van der Waals surface area contributed by atoms with Crippen molar-refractivity contribution in [2.24, 2.45) is 5.10 Å². The molecule has 0 amide bonds. The first-order valence-corrected chi connectivity index (χ1v) is 11.1. The van der Waals surface area contributed by atoms with E-state index in [-0.39, 0.29) is 5.78 Å². The van der Waals surface area contributed by atoms with Crippen LogP contribution in [0, 0.1) is 0 Å². The molecule has 158 valence electrons. The Balaban J connectivity index is 1.92. The summed E-state index contributed by atoms with van der Waals surface area (Å²) in [5, 5.41) is 7.22. The summed E-state index contributed by atoms with van der Waals surface area (Å²) in [4.78, 5) is 14.6. The van der Waals surface area contributed by atoms with Crippen molar-refractivity contribution in [3.8, 4) is 5.75 Å². The maximum atomic E-state index is 12.7. The second-order valence-electron chi connectivity index (χ2n) is 6.99. The van der Waals surface area contributed by atoms with Crippen LogP contribution in [0.15, 0.2) is 82.4 Å². The molecule has 0 aromatic heterocycles. The molecular weight excluding hydrogens is 478 g/mol. The van der Waals surface area contributed by atoms with Gasteiger partial charge in [-0.2, -0.15) is 0 Å². The Labute approximate surface area is 195 Å². The lowest BCUT2D eigenvalue weighted by Crippen LogP contribution is -2.38. The fraction of sp³-hybridized carbons (Fsp3) is 0.167. The zero-order chi connectivity index (χ0) is 22.0. The lowest BCUT2D eigenvalue weighted by atomic mass is 10.1. The number of Topliss-reactive ketones (excluding diaryl/α,β-unsaturated/α-hetero) is 1. The van der Waals surface area contributed by atoms with Gasteiger partial charge in [0.25, 0.3) is 0 Å².